The first kappa shape index (κ1) is 12.4. The van der Waals surface area contributed by atoms with Crippen molar-refractivity contribution in [3.05, 3.63) is 46.7 Å². The minimum Gasteiger partial charge on any atom is -0.492 e. The second-order valence-electron chi connectivity index (χ2n) is 3.62. The van der Waals surface area contributed by atoms with Crippen LogP contribution in [0.25, 0.3) is 0 Å². The van der Waals surface area contributed by atoms with Crippen LogP contribution in [0.3, 0.4) is 0 Å². The van der Waals surface area contributed by atoms with Gasteiger partial charge in [-0.3, -0.25) is 4.79 Å². The molecule has 0 saturated carbocycles. The molecule has 94 valence electrons. The molecule has 0 fully saturated rings. The molecule has 0 aliphatic carbocycles. The number of nitrogen functional groups attached to an aromatic ring is 1. The predicted octanol–water partition coefficient (Wildman–Crippen LogP) is 2.14. The molecule has 0 saturated heterocycles. The van der Waals surface area contributed by atoms with E-state index in [0.29, 0.717) is 23.7 Å². The van der Waals surface area contributed by atoms with Crippen LogP contribution >= 0.6 is 11.3 Å². The lowest BCUT2D eigenvalue weighted by atomic mass is 10.3. The first-order chi connectivity index (χ1) is 8.77. The Morgan fingerprint density at radius 3 is 2.72 bits per heavy atom. The summed E-state index contributed by atoms with van der Waals surface area (Å²) in [6.45, 7) is 0.881. The number of hydrogen-bond acceptors (Lipinski definition) is 4. The van der Waals surface area contributed by atoms with Crippen LogP contribution in [-0.2, 0) is 0 Å². The largest absolute Gasteiger partial charge is 0.492 e. The molecule has 2 aromatic rings. The first-order valence-corrected chi connectivity index (χ1v) is 6.44. The van der Waals surface area contributed by atoms with Gasteiger partial charge in [0.1, 0.15) is 17.2 Å². The molecule has 1 heterocycles. The molecule has 18 heavy (non-hydrogen) atoms. The average molecular weight is 262 g/mol. The van der Waals surface area contributed by atoms with E-state index >= 15 is 0 Å². The smallest absolute Gasteiger partial charge is 0.263 e. The Morgan fingerprint density at radius 1 is 1.28 bits per heavy atom. The third-order valence-corrected chi connectivity index (χ3v) is 3.23. The molecular formula is C13H14N2O2S. The summed E-state index contributed by atoms with van der Waals surface area (Å²) in [5, 5.41) is 4.56. The van der Waals surface area contributed by atoms with Crippen LogP contribution in [0.15, 0.2) is 41.8 Å². The molecular weight excluding hydrogens is 248 g/mol. The molecule has 5 heteroatoms. The summed E-state index contributed by atoms with van der Waals surface area (Å²) < 4.78 is 5.46. The van der Waals surface area contributed by atoms with Gasteiger partial charge in [0, 0.05) is 0 Å². The Labute approximate surface area is 109 Å². The second-order valence-corrected chi connectivity index (χ2v) is 4.54. The van der Waals surface area contributed by atoms with Gasteiger partial charge >= 0.3 is 0 Å². The number of thiophene rings is 1. The van der Waals surface area contributed by atoms with Crippen molar-refractivity contribution in [2.45, 2.75) is 0 Å². The normalized spacial score (nSPS) is 10.0. The molecule has 0 spiro atoms. The van der Waals surface area contributed by atoms with Crippen LogP contribution in [0, 0.1) is 0 Å². The number of nitrogens with one attached hydrogen (secondary N) is 1. The Hall–Kier alpha value is -2.01. The van der Waals surface area contributed by atoms with Gasteiger partial charge in [-0.2, -0.15) is 0 Å². The maximum absolute atomic E-state index is 11.7. The van der Waals surface area contributed by atoms with Crippen molar-refractivity contribution in [3.8, 4) is 5.75 Å². The fourth-order valence-corrected chi connectivity index (χ4v) is 2.17. The number of benzene rings is 1. The highest BCUT2D eigenvalue weighted by atomic mass is 32.1. The predicted molar refractivity (Wildman–Crippen MR) is 73.0 cm³/mol. The van der Waals surface area contributed by atoms with Gasteiger partial charge in [-0.1, -0.05) is 18.2 Å². The molecule has 1 aromatic carbocycles. The van der Waals surface area contributed by atoms with Gasteiger partial charge in [0.15, 0.2) is 0 Å². The second kappa shape index (κ2) is 6.07. The van der Waals surface area contributed by atoms with Crippen molar-refractivity contribution >= 4 is 22.9 Å². The Kier molecular flexibility index (Phi) is 4.20. The van der Waals surface area contributed by atoms with E-state index in [1.165, 1.54) is 11.3 Å². The maximum atomic E-state index is 11.7. The highest BCUT2D eigenvalue weighted by Crippen LogP contribution is 2.18. The molecule has 1 amide bonds. The molecule has 1 aromatic heterocycles. The first-order valence-electron chi connectivity index (χ1n) is 5.56. The third-order valence-electron chi connectivity index (χ3n) is 2.30. The van der Waals surface area contributed by atoms with Crippen molar-refractivity contribution in [2.24, 2.45) is 0 Å². The van der Waals surface area contributed by atoms with E-state index in [0.717, 1.165) is 5.75 Å². The molecule has 0 radical (unpaired) electrons. The van der Waals surface area contributed by atoms with Gasteiger partial charge in [0.05, 0.1) is 12.2 Å². The van der Waals surface area contributed by atoms with Crippen molar-refractivity contribution in [1.29, 1.82) is 0 Å². The minimum atomic E-state index is -0.154. The zero-order valence-corrected chi connectivity index (χ0v) is 10.6. The fraction of sp³-hybridized carbons (Fsp3) is 0.154. The third kappa shape index (κ3) is 3.24. The Balaban J connectivity index is 1.73. The maximum Gasteiger partial charge on any atom is 0.263 e. The zero-order valence-electron chi connectivity index (χ0n) is 9.76. The van der Waals surface area contributed by atoms with Crippen LogP contribution in [0.5, 0.6) is 5.75 Å². The molecule has 0 atom stereocenters. The quantitative estimate of drug-likeness (QED) is 0.811. The van der Waals surface area contributed by atoms with E-state index in [1.807, 2.05) is 30.3 Å². The monoisotopic (exact) mass is 262 g/mol. The van der Waals surface area contributed by atoms with E-state index in [1.54, 1.807) is 11.4 Å². The summed E-state index contributed by atoms with van der Waals surface area (Å²) in [4.78, 5) is 12.3. The molecule has 0 bridgehead atoms. The van der Waals surface area contributed by atoms with Crippen molar-refractivity contribution in [3.63, 3.8) is 0 Å². The number of ether oxygens (including phenoxy) is 1. The summed E-state index contributed by atoms with van der Waals surface area (Å²) in [5.41, 5.74) is 6.17. The number of rotatable bonds is 5. The summed E-state index contributed by atoms with van der Waals surface area (Å²) >= 11 is 1.33. The number of amides is 1. The van der Waals surface area contributed by atoms with Crippen LogP contribution in [0.1, 0.15) is 9.67 Å². The number of carbonyl (C=O) groups is 1. The molecule has 0 unspecified atom stereocenters. The lowest BCUT2D eigenvalue weighted by molar-refractivity contribution is 0.0952. The number of anilines is 1. The van der Waals surface area contributed by atoms with Gasteiger partial charge in [-0.05, 0) is 23.6 Å². The van der Waals surface area contributed by atoms with E-state index in [2.05, 4.69) is 5.32 Å². The van der Waals surface area contributed by atoms with E-state index in [4.69, 9.17) is 10.5 Å². The topological polar surface area (TPSA) is 64.4 Å². The number of para-hydroxylation sites is 1. The Morgan fingerprint density at radius 2 is 2.06 bits per heavy atom. The lowest BCUT2D eigenvalue weighted by Gasteiger charge is -2.07. The van der Waals surface area contributed by atoms with Crippen LogP contribution in [-0.4, -0.2) is 19.1 Å². The summed E-state index contributed by atoms with van der Waals surface area (Å²) in [7, 11) is 0. The highest BCUT2D eigenvalue weighted by Gasteiger charge is 2.09. The van der Waals surface area contributed by atoms with Crippen molar-refractivity contribution < 1.29 is 9.53 Å². The zero-order chi connectivity index (χ0) is 12.8. The van der Waals surface area contributed by atoms with Crippen LogP contribution < -0.4 is 15.8 Å². The summed E-state index contributed by atoms with van der Waals surface area (Å²) in [5.74, 6) is 0.640. The highest BCUT2D eigenvalue weighted by molar-refractivity contribution is 7.12. The van der Waals surface area contributed by atoms with E-state index in [-0.39, 0.29) is 5.91 Å². The molecule has 2 rings (SSSR count). The van der Waals surface area contributed by atoms with Gasteiger partial charge < -0.3 is 15.8 Å². The van der Waals surface area contributed by atoms with Crippen molar-refractivity contribution in [1.82, 2.24) is 5.32 Å². The minimum absolute atomic E-state index is 0.154. The fourth-order valence-electron chi connectivity index (χ4n) is 1.43. The standard InChI is InChI=1S/C13H14N2O2S/c14-11-6-9-18-12(11)13(16)15-7-8-17-10-4-2-1-3-5-10/h1-6,9H,7-8,14H2,(H,15,16). The number of nitrogens with two attached hydrogens (primary N) is 1. The molecule has 3 N–H and O–H groups in total. The van der Waals surface area contributed by atoms with E-state index < -0.39 is 0 Å². The van der Waals surface area contributed by atoms with Gasteiger partial charge in [-0.25, -0.2) is 0 Å². The van der Waals surface area contributed by atoms with E-state index in [9.17, 15) is 4.79 Å². The van der Waals surface area contributed by atoms with Crippen molar-refractivity contribution in [2.75, 3.05) is 18.9 Å². The van der Waals surface area contributed by atoms with Gasteiger partial charge in [0.2, 0.25) is 0 Å². The number of hydrogen-bond donors (Lipinski definition) is 2. The average Bonchev–Trinajstić information content (AvgIpc) is 2.82. The lowest BCUT2D eigenvalue weighted by Crippen LogP contribution is -2.27. The van der Waals surface area contributed by atoms with Crippen LogP contribution in [0.2, 0.25) is 0 Å². The van der Waals surface area contributed by atoms with Crippen LogP contribution in [0.4, 0.5) is 5.69 Å². The Bertz CT molecular complexity index is 511. The molecule has 0 aliphatic rings. The summed E-state index contributed by atoms with van der Waals surface area (Å²) in [6.07, 6.45) is 0. The molecule has 0 aliphatic heterocycles. The molecule has 4 nitrogen and oxygen atoms in total. The number of carbonyl (C=O) groups excluding carboxylic acids is 1. The SMILES string of the molecule is Nc1ccsc1C(=O)NCCOc1ccccc1. The van der Waals surface area contributed by atoms with Gasteiger partial charge in [0.25, 0.3) is 5.91 Å². The van der Waals surface area contributed by atoms with Gasteiger partial charge in [-0.15, -0.1) is 11.3 Å². The summed E-state index contributed by atoms with van der Waals surface area (Å²) in [6, 6.07) is 11.2.